The molecular formula is C20H17F2N3O5S2. The summed E-state index contributed by atoms with van der Waals surface area (Å²) >= 11 is 0. The highest BCUT2D eigenvalue weighted by Crippen LogP contribution is 2.22. The quantitative estimate of drug-likeness (QED) is 0.478. The van der Waals surface area contributed by atoms with E-state index in [9.17, 15) is 30.4 Å². The van der Waals surface area contributed by atoms with E-state index in [0.29, 0.717) is 0 Å². The lowest BCUT2D eigenvalue weighted by atomic mass is 10.2. The summed E-state index contributed by atoms with van der Waals surface area (Å²) in [6, 6.07) is 13.4. The van der Waals surface area contributed by atoms with Crippen molar-refractivity contribution in [2.24, 2.45) is 0 Å². The Morgan fingerprint density at radius 2 is 1.41 bits per heavy atom. The van der Waals surface area contributed by atoms with E-state index in [4.69, 9.17) is 0 Å². The Hall–Kier alpha value is -3.51. The van der Waals surface area contributed by atoms with Crippen LogP contribution in [0.5, 0.6) is 0 Å². The van der Waals surface area contributed by atoms with Crippen molar-refractivity contribution < 1.29 is 30.4 Å². The molecule has 3 rings (SSSR count). The number of rotatable bonds is 7. The van der Waals surface area contributed by atoms with Crippen molar-refractivity contribution in [1.82, 2.24) is 0 Å². The molecule has 0 radical (unpaired) electrons. The average molecular weight is 482 g/mol. The van der Waals surface area contributed by atoms with Gasteiger partial charge in [0.15, 0.2) is 0 Å². The number of hydrogen-bond donors (Lipinski definition) is 3. The Labute approximate surface area is 183 Å². The monoisotopic (exact) mass is 481 g/mol. The lowest BCUT2D eigenvalue weighted by Crippen LogP contribution is -2.16. The molecule has 0 heterocycles. The summed E-state index contributed by atoms with van der Waals surface area (Å²) in [5, 5.41) is 2.46. The van der Waals surface area contributed by atoms with Gasteiger partial charge in [0.2, 0.25) is 10.0 Å². The van der Waals surface area contributed by atoms with Crippen molar-refractivity contribution in [2.45, 2.75) is 4.90 Å². The van der Waals surface area contributed by atoms with Crippen LogP contribution in [0.25, 0.3) is 0 Å². The van der Waals surface area contributed by atoms with Gasteiger partial charge in [-0.2, -0.15) is 0 Å². The summed E-state index contributed by atoms with van der Waals surface area (Å²) < 4.78 is 79.1. The Balaban J connectivity index is 1.76. The lowest BCUT2D eigenvalue weighted by Gasteiger charge is -2.11. The van der Waals surface area contributed by atoms with Crippen LogP contribution in [0.4, 0.5) is 25.8 Å². The highest BCUT2D eigenvalue weighted by atomic mass is 32.2. The average Bonchev–Trinajstić information content (AvgIpc) is 2.71. The number of sulfonamides is 2. The number of carbonyl (C=O) groups is 1. The molecule has 0 atom stereocenters. The molecule has 0 spiro atoms. The maximum Gasteiger partial charge on any atom is 0.261 e. The number of halogens is 2. The second kappa shape index (κ2) is 8.93. The van der Waals surface area contributed by atoms with E-state index >= 15 is 0 Å². The van der Waals surface area contributed by atoms with Crippen LogP contribution >= 0.6 is 0 Å². The van der Waals surface area contributed by atoms with E-state index in [1.54, 1.807) is 0 Å². The van der Waals surface area contributed by atoms with Crippen LogP contribution < -0.4 is 14.8 Å². The third-order valence-electron chi connectivity index (χ3n) is 4.06. The van der Waals surface area contributed by atoms with Crippen LogP contribution in [0, 0.1) is 11.6 Å². The highest BCUT2D eigenvalue weighted by Gasteiger charge is 2.17. The molecule has 0 saturated carbocycles. The van der Waals surface area contributed by atoms with Gasteiger partial charge in [-0.1, -0.05) is 12.1 Å². The molecule has 32 heavy (non-hydrogen) atoms. The fourth-order valence-electron chi connectivity index (χ4n) is 2.62. The van der Waals surface area contributed by atoms with Crippen molar-refractivity contribution in [2.75, 3.05) is 21.0 Å². The number of nitrogens with one attached hydrogen (secondary N) is 3. The Kier molecular flexibility index (Phi) is 6.46. The van der Waals surface area contributed by atoms with E-state index in [0.717, 1.165) is 24.5 Å². The largest absolute Gasteiger partial charge is 0.322 e. The van der Waals surface area contributed by atoms with Gasteiger partial charge >= 0.3 is 0 Å². The van der Waals surface area contributed by atoms with Crippen molar-refractivity contribution >= 4 is 43.0 Å². The van der Waals surface area contributed by atoms with E-state index in [1.807, 2.05) is 4.72 Å². The van der Waals surface area contributed by atoms with Gasteiger partial charge in [-0.15, -0.1) is 0 Å². The number of hydrogen-bond acceptors (Lipinski definition) is 5. The molecule has 12 heteroatoms. The van der Waals surface area contributed by atoms with Crippen LogP contribution in [-0.2, 0) is 20.0 Å². The van der Waals surface area contributed by atoms with Crippen LogP contribution in [0.1, 0.15) is 10.4 Å². The maximum absolute atomic E-state index is 13.8. The van der Waals surface area contributed by atoms with Gasteiger partial charge in [-0.3, -0.25) is 14.2 Å². The van der Waals surface area contributed by atoms with Crippen LogP contribution in [-0.4, -0.2) is 29.0 Å². The van der Waals surface area contributed by atoms with Gasteiger partial charge < -0.3 is 5.32 Å². The van der Waals surface area contributed by atoms with E-state index in [-0.39, 0.29) is 27.5 Å². The molecule has 0 aromatic heterocycles. The Morgan fingerprint density at radius 3 is 2.03 bits per heavy atom. The van der Waals surface area contributed by atoms with E-state index in [2.05, 4.69) is 10.0 Å². The molecule has 3 aromatic carbocycles. The Bertz CT molecular complexity index is 1380. The normalized spacial score (nSPS) is 11.6. The molecule has 0 unspecified atom stereocenters. The van der Waals surface area contributed by atoms with E-state index in [1.165, 1.54) is 48.5 Å². The van der Waals surface area contributed by atoms with Crippen molar-refractivity contribution in [1.29, 1.82) is 0 Å². The second-order valence-corrected chi connectivity index (χ2v) is 10.1. The van der Waals surface area contributed by atoms with Crippen LogP contribution in [0.2, 0.25) is 0 Å². The first kappa shape index (κ1) is 23.2. The van der Waals surface area contributed by atoms with Crippen molar-refractivity contribution in [3.63, 3.8) is 0 Å². The molecule has 0 bridgehead atoms. The molecule has 8 nitrogen and oxygen atoms in total. The minimum atomic E-state index is -4.09. The number of benzene rings is 3. The summed E-state index contributed by atoms with van der Waals surface area (Å²) in [7, 11) is -7.82. The lowest BCUT2D eigenvalue weighted by molar-refractivity contribution is 0.102. The van der Waals surface area contributed by atoms with Gasteiger partial charge in [0.1, 0.15) is 11.6 Å². The molecule has 0 saturated heterocycles. The number of amides is 1. The smallest absolute Gasteiger partial charge is 0.261 e. The third kappa shape index (κ3) is 5.80. The fraction of sp³-hybridized carbons (Fsp3) is 0.0500. The first-order valence-corrected chi connectivity index (χ1v) is 12.3. The number of anilines is 3. The zero-order valence-corrected chi connectivity index (χ0v) is 18.1. The Morgan fingerprint density at radius 1 is 0.781 bits per heavy atom. The van der Waals surface area contributed by atoms with Crippen LogP contribution in [0.15, 0.2) is 71.6 Å². The molecule has 0 aliphatic heterocycles. The van der Waals surface area contributed by atoms with Gasteiger partial charge in [-0.25, -0.2) is 25.6 Å². The maximum atomic E-state index is 13.8. The van der Waals surface area contributed by atoms with E-state index < -0.39 is 37.6 Å². The van der Waals surface area contributed by atoms with Gasteiger partial charge in [0, 0.05) is 11.3 Å². The molecule has 1 amide bonds. The standard InChI is InChI=1S/C20H17F2N3O5S2/c1-31(27,28)24-19-12-14(8-11-17(19)22)23-20(26)13-6-9-15(10-7-13)32(29,30)25-18-5-3-2-4-16(18)21/h2-12,24-25H,1H3,(H,23,26). The van der Waals surface area contributed by atoms with Crippen molar-refractivity contribution in [3.8, 4) is 0 Å². The predicted molar refractivity (Wildman–Crippen MR) is 116 cm³/mol. The number of carbonyl (C=O) groups excluding carboxylic acids is 1. The second-order valence-electron chi connectivity index (χ2n) is 6.63. The molecule has 3 aromatic rings. The minimum Gasteiger partial charge on any atom is -0.322 e. The fourth-order valence-corrected chi connectivity index (χ4v) is 4.24. The number of para-hydroxylation sites is 1. The van der Waals surface area contributed by atoms with Gasteiger partial charge in [0.05, 0.1) is 22.5 Å². The molecular weight excluding hydrogens is 464 g/mol. The summed E-state index contributed by atoms with van der Waals surface area (Å²) in [4.78, 5) is 12.2. The molecule has 168 valence electrons. The summed E-state index contributed by atoms with van der Waals surface area (Å²) in [6.07, 6.45) is 0.855. The molecule has 0 aliphatic rings. The zero-order chi connectivity index (χ0) is 23.5. The first-order valence-electron chi connectivity index (χ1n) is 8.91. The third-order valence-corrected chi connectivity index (χ3v) is 6.04. The first-order chi connectivity index (χ1) is 14.9. The summed E-state index contributed by atoms with van der Waals surface area (Å²) in [5.74, 6) is -2.21. The van der Waals surface area contributed by atoms with Crippen LogP contribution in [0.3, 0.4) is 0 Å². The zero-order valence-electron chi connectivity index (χ0n) is 16.5. The predicted octanol–water partition coefficient (Wildman–Crippen LogP) is 3.39. The minimum absolute atomic E-state index is 0.0804. The highest BCUT2D eigenvalue weighted by molar-refractivity contribution is 7.92. The summed E-state index contributed by atoms with van der Waals surface area (Å²) in [6.45, 7) is 0. The van der Waals surface area contributed by atoms with Gasteiger partial charge in [0.25, 0.3) is 15.9 Å². The van der Waals surface area contributed by atoms with Gasteiger partial charge in [-0.05, 0) is 54.6 Å². The molecule has 0 fully saturated rings. The summed E-state index contributed by atoms with van der Waals surface area (Å²) in [5.41, 5.74) is -0.368. The van der Waals surface area contributed by atoms with Crippen molar-refractivity contribution in [3.05, 3.63) is 83.9 Å². The topological polar surface area (TPSA) is 121 Å². The molecule has 3 N–H and O–H groups in total. The molecule has 0 aliphatic carbocycles. The SMILES string of the molecule is CS(=O)(=O)Nc1cc(NC(=O)c2ccc(S(=O)(=O)Nc3ccccc3F)cc2)ccc1F.